The Hall–Kier alpha value is -0.860. The van der Waals surface area contributed by atoms with Crippen LogP contribution in [-0.4, -0.2) is 22.7 Å². The van der Waals surface area contributed by atoms with Crippen LogP contribution in [-0.2, 0) is 4.79 Å². The Labute approximate surface area is 91.5 Å². The average molecular weight is 208 g/mol. The van der Waals surface area contributed by atoms with Gasteiger partial charge >= 0.3 is 0 Å². The van der Waals surface area contributed by atoms with Gasteiger partial charge in [0.05, 0.1) is 18.2 Å². The van der Waals surface area contributed by atoms with Crippen molar-refractivity contribution >= 4 is 11.6 Å². The predicted molar refractivity (Wildman–Crippen MR) is 60.6 cm³/mol. The minimum absolute atomic E-state index is 0.0308. The average Bonchev–Trinajstić information content (AvgIpc) is 2.69. The fourth-order valence-electron chi connectivity index (χ4n) is 2.29. The summed E-state index contributed by atoms with van der Waals surface area (Å²) in [6.45, 7) is 6.37. The molecule has 2 aliphatic rings. The second-order valence-corrected chi connectivity index (χ2v) is 5.65. The van der Waals surface area contributed by atoms with Crippen molar-refractivity contribution in [3.05, 3.63) is 0 Å². The van der Waals surface area contributed by atoms with Gasteiger partial charge in [-0.25, -0.2) is 5.01 Å². The molecule has 0 aromatic carbocycles. The van der Waals surface area contributed by atoms with Crippen molar-refractivity contribution < 1.29 is 4.79 Å². The molecule has 84 valence electrons. The van der Waals surface area contributed by atoms with E-state index in [4.69, 9.17) is 0 Å². The molecule has 0 bridgehead atoms. The Morgan fingerprint density at radius 2 is 1.87 bits per heavy atom. The fraction of sp³-hybridized carbons (Fsp3) is 0.833. The first kappa shape index (κ1) is 10.7. The maximum absolute atomic E-state index is 11.8. The zero-order valence-electron chi connectivity index (χ0n) is 9.92. The van der Waals surface area contributed by atoms with Gasteiger partial charge in [-0.05, 0) is 12.8 Å². The van der Waals surface area contributed by atoms with Crippen molar-refractivity contribution in [2.45, 2.75) is 58.9 Å². The molecule has 0 atom stereocenters. The number of hydrazone groups is 1. The molecule has 1 aliphatic heterocycles. The highest BCUT2D eigenvalue weighted by molar-refractivity contribution is 6.07. The van der Waals surface area contributed by atoms with Crippen LogP contribution in [0.5, 0.6) is 0 Å². The molecule has 1 heterocycles. The first-order chi connectivity index (χ1) is 6.98. The molecule has 2 rings (SSSR count). The summed E-state index contributed by atoms with van der Waals surface area (Å²) in [6.07, 6.45) is 5.28. The number of rotatable bonds is 1. The molecule has 0 spiro atoms. The lowest BCUT2D eigenvalue weighted by atomic mass is 9.88. The summed E-state index contributed by atoms with van der Waals surface area (Å²) in [5.41, 5.74) is 1.07. The molecule has 0 radical (unpaired) electrons. The lowest BCUT2D eigenvalue weighted by Crippen LogP contribution is -2.30. The third-order valence-corrected chi connectivity index (χ3v) is 3.34. The van der Waals surface area contributed by atoms with E-state index in [2.05, 4.69) is 25.9 Å². The van der Waals surface area contributed by atoms with Gasteiger partial charge in [-0.2, -0.15) is 5.10 Å². The molecule has 0 aromatic rings. The Kier molecular flexibility index (Phi) is 2.57. The maximum atomic E-state index is 11.8. The molecular weight excluding hydrogens is 188 g/mol. The summed E-state index contributed by atoms with van der Waals surface area (Å²) < 4.78 is 0. The summed E-state index contributed by atoms with van der Waals surface area (Å²) in [5.74, 6) is 0.201. The smallest absolute Gasteiger partial charge is 0.248 e. The molecule has 0 N–H and O–H groups in total. The van der Waals surface area contributed by atoms with E-state index in [0.717, 1.165) is 18.6 Å². The molecular formula is C12H20N2O. The Morgan fingerprint density at radius 3 is 2.33 bits per heavy atom. The number of hydrogen-bond donors (Lipinski definition) is 0. The molecule has 0 unspecified atom stereocenters. The second-order valence-electron chi connectivity index (χ2n) is 5.65. The van der Waals surface area contributed by atoms with Gasteiger partial charge in [0, 0.05) is 5.41 Å². The zero-order valence-corrected chi connectivity index (χ0v) is 9.92. The number of hydrogen-bond acceptors (Lipinski definition) is 2. The minimum atomic E-state index is 0.0308. The van der Waals surface area contributed by atoms with Crippen molar-refractivity contribution in [2.24, 2.45) is 10.5 Å². The number of amides is 1. The summed E-state index contributed by atoms with van der Waals surface area (Å²) >= 11 is 0. The highest BCUT2D eigenvalue weighted by atomic mass is 16.2. The fourth-order valence-corrected chi connectivity index (χ4v) is 2.29. The van der Waals surface area contributed by atoms with Gasteiger partial charge in [-0.15, -0.1) is 0 Å². The Morgan fingerprint density at radius 1 is 1.27 bits per heavy atom. The van der Waals surface area contributed by atoms with E-state index < -0.39 is 0 Å². The van der Waals surface area contributed by atoms with E-state index in [0.29, 0.717) is 12.5 Å². The number of nitrogens with zero attached hydrogens (tertiary/aromatic N) is 2. The summed E-state index contributed by atoms with van der Waals surface area (Å²) in [7, 11) is 0. The van der Waals surface area contributed by atoms with Gasteiger partial charge in [-0.1, -0.05) is 33.6 Å². The molecule has 15 heavy (non-hydrogen) atoms. The van der Waals surface area contributed by atoms with Crippen molar-refractivity contribution in [1.29, 1.82) is 0 Å². The molecule has 1 saturated carbocycles. The molecule has 1 fully saturated rings. The van der Waals surface area contributed by atoms with E-state index in [9.17, 15) is 4.79 Å². The van der Waals surface area contributed by atoms with Gasteiger partial charge in [-0.3, -0.25) is 4.79 Å². The molecule has 0 aromatic heterocycles. The standard InChI is InChI=1S/C12H20N2O/c1-12(2,3)10-8-11(15)14(13-10)9-6-4-5-7-9/h9H,4-8H2,1-3H3. The highest BCUT2D eigenvalue weighted by Crippen LogP contribution is 2.30. The van der Waals surface area contributed by atoms with E-state index in [1.807, 2.05) is 0 Å². The van der Waals surface area contributed by atoms with Crippen molar-refractivity contribution in [1.82, 2.24) is 5.01 Å². The monoisotopic (exact) mass is 208 g/mol. The Balaban J connectivity index is 2.13. The zero-order chi connectivity index (χ0) is 11.1. The molecule has 3 nitrogen and oxygen atoms in total. The van der Waals surface area contributed by atoms with Gasteiger partial charge in [0.15, 0.2) is 0 Å². The van der Waals surface area contributed by atoms with E-state index in [1.54, 1.807) is 5.01 Å². The molecule has 0 saturated heterocycles. The third-order valence-electron chi connectivity index (χ3n) is 3.34. The van der Waals surface area contributed by atoms with Crippen LogP contribution in [0.2, 0.25) is 0 Å². The maximum Gasteiger partial charge on any atom is 0.248 e. The third kappa shape index (κ3) is 2.06. The van der Waals surface area contributed by atoms with Crippen LogP contribution in [0.3, 0.4) is 0 Å². The van der Waals surface area contributed by atoms with Gasteiger partial charge in [0.2, 0.25) is 5.91 Å². The SMILES string of the molecule is CC(C)(C)C1=NN(C2CCCC2)C(=O)C1. The first-order valence-electron chi connectivity index (χ1n) is 5.88. The van der Waals surface area contributed by atoms with Crippen molar-refractivity contribution in [3.8, 4) is 0 Å². The van der Waals surface area contributed by atoms with Crippen LogP contribution in [0.25, 0.3) is 0 Å². The van der Waals surface area contributed by atoms with Gasteiger partial charge in [0.25, 0.3) is 0 Å². The Bertz CT molecular complexity index is 295. The van der Waals surface area contributed by atoms with Crippen LogP contribution in [0.1, 0.15) is 52.9 Å². The van der Waals surface area contributed by atoms with Crippen LogP contribution < -0.4 is 0 Å². The molecule has 1 aliphatic carbocycles. The van der Waals surface area contributed by atoms with Crippen molar-refractivity contribution in [2.75, 3.05) is 0 Å². The van der Waals surface area contributed by atoms with E-state index in [1.165, 1.54) is 12.8 Å². The summed E-state index contributed by atoms with van der Waals surface area (Å²) in [6, 6.07) is 0.386. The van der Waals surface area contributed by atoms with Gasteiger partial charge in [0.1, 0.15) is 0 Å². The number of carbonyl (C=O) groups is 1. The lowest BCUT2D eigenvalue weighted by molar-refractivity contribution is -0.130. The van der Waals surface area contributed by atoms with Crippen LogP contribution in [0, 0.1) is 5.41 Å². The van der Waals surface area contributed by atoms with Gasteiger partial charge < -0.3 is 0 Å². The van der Waals surface area contributed by atoms with Crippen molar-refractivity contribution in [3.63, 3.8) is 0 Å². The summed E-state index contributed by atoms with van der Waals surface area (Å²) in [5, 5.41) is 6.28. The highest BCUT2D eigenvalue weighted by Gasteiger charge is 2.35. The van der Waals surface area contributed by atoms with Crippen LogP contribution in [0.15, 0.2) is 5.10 Å². The van der Waals surface area contributed by atoms with E-state index in [-0.39, 0.29) is 11.3 Å². The topological polar surface area (TPSA) is 32.7 Å². The normalized spacial score (nSPS) is 23.8. The summed E-state index contributed by atoms with van der Waals surface area (Å²) in [4.78, 5) is 11.8. The molecule has 1 amide bonds. The second kappa shape index (κ2) is 3.62. The first-order valence-corrected chi connectivity index (χ1v) is 5.88. The minimum Gasteiger partial charge on any atom is -0.273 e. The predicted octanol–water partition coefficient (Wildman–Crippen LogP) is 2.56. The number of carbonyl (C=O) groups excluding carboxylic acids is 1. The van der Waals surface area contributed by atoms with E-state index >= 15 is 0 Å². The largest absolute Gasteiger partial charge is 0.273 e. The van der Waals surface area contributed by atoms with Crippen LogP contribution in [0.4, 0.5) is 0 Å². The lowest BCUT2D eigenvalue weighted by Gasteiger charge is -2.20. The quantitative estimate of drug-likeness (QED) is 0.652. The van der Waals surface area contributed by atoms with Crippen LogP contribution >= 0.6 is 0 Å². The molecule has 3 heteroatoms.